The van der Waals surface area contributed by atoms with E-state index in [1.54, 1.807) is 11.1 Å². The molecule has 1 aliphatic rings. The summed E-state index contributed by atoms with van der Waals surface area (Å²) in [7, 11) is 1.41. The molecule has 7 nitrogen and oxygen atoms in total. The molecule has 3 rings (SSSR count). The number of carbonyl (C=O) groups excluding carboxylic acids is 1. The molecule has 0 radical (unpaired) electrons. The van der Waals surface area contributed by atoms with Gasteiger partial charge in [-0.1, -0.05) is 17.4 Å². The minimum Gasteiger partial charge on any atom is -0.453 e. The van der Waals surface area contributed by atoms with Crippen molar-refractivity contribution in [3.8, 4) is 10.7 Å². The Morgan fingerprint density at radius 2 is 2.18 bits per heavy atom. The van der Waals surface area contributed by atoms with Gasteiger partial charge in [-0.05, 0) is 25.0 Å². The summed E-state index contributed by atoms with van der Waals surface area (Å²) in [5.74, 6) is 0. The van der Waals surface area contributed by atoms with Crippen LogP contribution < -0.4 is 5.32 Å². The fourth-order valence-corrected chi connectivity index (χ4v) is 3.18. The molecule has 0 saturated carbocycles. The van der Waals surface area contributed by atoms with E-state index < -0.39 is 0 Å². The molecule has 116 valence electrons. The van der Waals surface area contributed by atoms with Crippen molar-refractivity contribution in [3.63, 3.8) is 0 Å². The van der Waals surface area contributed by atoms with Crippen LogP contribution in [0.5, 0.6) is 0 Å². The smallest absolute Gasteiger partial charge is 0.409 e. The normalized spacial score (nSPS) is 15.6. The number of likely N-dealkylation sites (tertiary alicyclic amines) is 1. The van der Waals surface area contributed by atoms with Crippen molar-refractivity contribution in [1.29, 1.82) is 0 Å². The maximum absolute atomic E-state index is 11.4. The van der Waals surface area contributed by atoms with Crippen molar-refractivity contribution in [3.05, 3.63) is 24.4 Å². The summed E-state index contributed by atoms with van der Waals surface area (Å²) in [6.45, 7) is 1.38. The molecule has 1 amide bonds. The minimum absolute atomic E-state index is 0.258. The Balaban J connectivity index is 1.57. The molecule has 0 unspecified atom stereocenters. The van der Waals surface area contributed by atoms with Gasteiger partial charge in [-0.15, -0.1) is 10.2 Å². The number of piperidine rings is 1. The van der Waals surface area contributed by atoms with Gasteiger partial charge in [-0.3, -0.25) is 4.98 Å². The van der Waals surface area contributed by atoms with E-state index in [0.717, 1.165) is 28.7 Å². The second-order valence-corrected chi connectivity index (χ2v) is 5.98. The van der Waals surface area contributed by atoms with Gasteiger partial charge in [-0.25, -0.2) is 4.79 Å². The quantitative estimate of drug-likeness (QED) is 0.934. The molecule has 1 N–H and O–H groups in total. The number of anilines is 1. The van der Waals surface area contributed by atoms with Crippen LogP contribution in [0.25, 0.3) is 10.7 Å². The van der Waals surface area contributed by atoms with Crippen molar-refractivity contribution in [2.45, 2.75) is 18.9 Å². The lowest BCUT2D eigenvalue weighted by atomic mass is 10.1. The summed E-state index contributed by atoms with van der Waals surface area (Å²) >= 11 is 1.49. The van der Waals surface area contributed by atoms with Gasteiger partial charge in [0.1, 0.15) is 5.69 Å². The third-order valence-electron chi connectivity index (χ3n) is 3.56. The molecule has 0 atom stereocenters. The highest BCUT2D eigenvalue weighted by atomic mass is 32.1. The zero-order chi connectivity index (χ0) is 15.4. The predicted octanol–water partition coefficient (Wildman–Crippen LogP) is 2.24. The second-order valence-electron chi connectivity index (χ2n) is 5.00. The number of nitrogens with one attached hydrogen (secondary N) is 1. The van der Waals surface area contributed by atoms with Crippen LogP contribution in [-0.4, -0.2) is 52.4 Å². The largest absolute Gasteiger partial charge is 0.453 e. The van der Waals surface area contributed by atoms with Gasteiger partial charge in [0.25, 0.3) is 0 Å². The zero-order valence-electron chi connectivity index (χ0n) is 12.2. The van der Waals surface area contributed by atoms with Crippen LogP contribution in [0.2, 0.25) is 0 Å². The maximum Gasteiger partial charge on any atom is 0.409 e. The summed E-state index contributed by atoms with van der Waals surface area (Å²) in [5, 5.41) is 13.3. The number of amides is 1. The Morgan fingerprint density at radius 1 is 1.36 bits per heavy atom. The highest BCUT2D eigenvalue weighted by Gasteiger charge is 2.23. The number of hydrogen-bond donors (Lipinski definition) is 1. The molecule has 2 aromatic rings. The average Bonchev–Trinajstić information content (AvgIpc) is 3.04. The molecule has 1 fully saturated rings. The summed E-state index contributed by atoms with van der Waals surface area (Å²) in [6, 6.07) is 6.02. The first-order valence-electron chi connectivity index (χ1n) is 7.10. The molecule has 2 aromatic heterocycles. The van der Waals surface area contributed by atoms with Crippen LogP contribution >= 0.6 is 11.3 Å². The Labute approximate surface area is 132 Å². The summed E-state index contributed by atoms with van der Waals surface area (Å²) in [6.07, 6.45) is 3.22. The molecule has 8 heteroatoms. The second kappa shape index (κ2) is 6.69. The minimum atomic E-state index is -0.258. The third-order valence-corrected chi connectivity index (χ3v) is 4.44. The number of ether oxygens (including phenoxy) is 1. The Morgan fingerprint density at radius 3 is 2.86 bits per heavy atom. The van der Waals surface area contributed by atoms with E-state index in [-0.39, 0.29) is 6.09 Å². The number of pyridine rings is 1. The van der Waals surface area contributed by atoms with E-state index in [2.05, 4.69) is 20.5 Å². The zero-order valence-corrected chi connectivity index (χ0v) is 13.0. The van der Waals surface area contributed by atoms with Crippen LogP contribution in [0.1, 0.15) is 12.8 Å². The van der Waals surface area contributed by atoms with Gasteiger partial charge >= 0.3 is 6.09 Å². The first-order chi connectivity index (χ1) is 10.8. The summed E-state index contributed by atoms with van der Waals surface area (Å²) in [5.41, 5.74) is 0.827. The standard InChI is InChI=1S/C14H17N5O2S/c1-21-14(20)19-8-5-10(6-9-19)16-13-18-17-12(22-13)11-4-2-3-7-15-11/h2-4,7,10H,5-6,8-9H2,1H3,(H,16,18). The Kier molecular flexibility index (Phi) is 4.47. The molecule has 3 heterocycles. The van der Waals surface area contributed by atoms with Crippen molar-refractivity contribution in [1.82, 2.24) is 20.1 Å². The van der Waals surface area contributed by atoms with Gasteiger partial charge in [-0.2, -0.15) is 0 Å². The summed E-state index contributed by atoms with van der Waals surface area (Å²) < 4.78 is 4.73. The van der Waals surface area contributed by atoms with E-state index in [1.807, 2.05) is 18.2 Å². The number of rotatable bonds is 3. The lowest BCUT2D eigenvalue weighted by Crippen LogP contribution is -2.42. The van der Waals surface area contributed by atoms with E-state index >= 15 is 0 Å². The van der Waals surface area contributed by atoms with Gasteiger partial charge in [0.15, 0.2) is 5.01 Å². The van der Waals surface area contributed by atoms with Gasteiger partial charge < -0.3 is 15.0 Å². The average molecular weight is 319 g/mol. The predicted molar refractivity (Wildman–Crippen MR) is 83.8 cm³/mol. The van der Waals surface area contributed by atoms with E-state index in [9.17, 15) is 4.79 Å². The van der Waals surface area contributed by atoms with Crippen molar-refractivity contribution >= 4 is 22.6 Å². The van der Waals surface area contributed by atoms with Crippen molar-refractivity contribution < 1.29 is 9.53 Å². The first-order valence-corrected chi connectivity index (χ1v) is 7.92. The Bertz CT molecular complexity index is 625. The third kappa shape index (κ3) is 3.33. The molecular weight excluding hydrogens is 302 g/mol. The lowest BCUT2D eigenvalue weighted by molar-refractivity contribution is 0.113. The van der Waals surface area contributed by atoms with E-state index in [0.29, 0.717) is 19.1 Å². The number of hydrogen-bond acceptors (Lipinski definition) is 7. The van der Waals surface area contributed by atoms with Crippen LogP contribution in [0.15, 0.2) is 24.4 Å². The highest BCUT2D eigenvalue weighted by Crippen LogP contribution is 2.26. The van der Waals surface area contributed by atoms with Gasteiger partial charge in [0.2, 0.25) is 5.13 Å². The van der Waals surface area contributed by atoms with E-state index in [4.69, 9.17) is 4.74 Å². The maximum atomic E-state index is 11.4. The lowest BCUT2D eigenvalue weighted by Gasteiger charge is -2.31. The molecule has 0 spiro atoms. The van der Waals surface area contributed by atoms with Gasteiger partial charge in [0.05, 0.1) is 7.11 Å². The summed E-state index contributed by atoms with van der Waals surface area (Å²) in [4.78, 5) is 17.4. The fourth-order valence-electron chi connectivity index (χ4n) is 2.38. The number of nitrogens with zero attached hydrogens (tertiary/aromatic N) is 4. The molecule has 0 aromatic carbocycles. The Hall–Kier alpha value is -2.22. The van der Waals surface area contributed by atoms with Crippen LogP contribution in [0.3, 0.4) is 0 Å². The topological polar surface area (TPSA) is 80.2 Å². The monoisotopic (exact) mass is 319 g/mol. The molecule has 22 heavy (non-hydrogen) atoms. The van der Waals surface area contributed by atoms with Crippen molar-refractivity contribution in [2.75, 3.05) is 25.5 Å². The molecule has 0 aliphatic carbocycles. The number of carbonyl (C=O) groups is 1. The van der Waals surface area contributed by atoms with E-state index in [1.165, 1.54) is 18.4 Å². The molecule has 1 aliphatic heterocycles. The molecular formula is C14H17N5O2S. The van der Waals surface area contributed by atoms with Crippen LogP contribution in [0, 0.1) is 0 Å². The van der Waals surface area contributed by atoms with Crippen molar-refractivity contribution in [2.24, 2.45) is 0 Å². The van der Waals surface area contributed by atoms with Crippen LogP contribution in [0.4, 0.5) is 9.93 Å². The molecule has 0 bridgehead atoms. The number of aromatic nitrogens is 3. The van der Waals surface area contributed by atoms with Crippen LogP contribution in [-0.2, 0) is 4.74 Å². The molecule has 1 saturated heterocycles. The first kappa shape index (κ1) is 14.7. The highest BCUT2D eigenvalue weighted by molar-refractivity contribution is 7.18. The number of methoxy groups -OCH3 is 1. The fraction of sp³-hybridized carbons (Fsp3) is 0.429. The van der Waals surface area contributed by atoms with Gasteiger partial charge in [0, 0.05) is 25.3 Å². The SMILES string of the molecule is COC(=O)N1CCC(Nc2nnc(-c3ccccn3)s2)CC1.